The van der Waals surface area contributed by atoms with Crippen LogP contribution in [0.2, 0.25) is 5.15 Å². The molecule has 0 saturated carbocycles. The number of methoxy groups -OCH3 is 1. The van der Waals surface area contributed by atoms with Gasteiger partial charge >= 0.3 is 6.03 Å². The van der Waals surface area contributed by atoms with Crippen LogP contribution < -0.4 is 15.4 Å². The van der Waals surface area contributed by atoms with Crippen LogP contribution in [0.3, 0.4) is 0 Å². The Bertz CT molecular complexity index is 849. The molecule has 0 bridgehead atoms. The van der Waals surface area contributed by atoms with Gasteiger partial charge in [-0.3, -0.25) is 9.72 Å². The number of urea groups is 1. The van der Waals surface area contributed by atoms with Gasteiger partial charge in [0, 0.05) is 6.54 Å². The SMILES string of the molecule is COc1cccc(CNC(=O)Nc2nnc3cccc(Cl)n23)c1. The normalized spacial score (nSPS) is 10.5. The molecule has 23 heavy (non-hydrogen) atoms. The predicted molar refractivity (Wildman–Crippen MR) is 86.8 cm³/mol. The first kappa shape index (κ1) is 15.1. The van der Waals surface area contributed by atoms with Crippen LogP contribution in [-0.2, 0) is 6.54 Å². The first-order valence-electron chi connectivity index (χ1n) is 6.85. The molecule has 118 valence electrons. The number of nitrogens with one attached hydrogen (secondary N) is 2. The van der Waals surface area contributed by atoms with Crippen LogP contribution in [0.15, 0.2) is 42.5 Å². The predicted octanol–water partition coefficient (Wildman–Crippen LogP) is 2.71. The maximum Gasteiger partial charge on any atom is 0.321 e. The summed E-state index contributed by atoms with van der Waals surface area (Å²) in [6.07, 6.45) is 0. The molecular weight excluding hydrogens is 318 g/mol. The molecule has 0 aliphatic carbocycles. The second-order valence-electron chi connectivity index (χ2n) is 4.72. The number of rotatable bonds is 4. The summed E-state index contributed by atoms with van der Waals surface area (Å²) in [6, 6.07) is 12.2. The number of fused-ring (bicyclic) bond motifs is 1. The molecule has 0 aliphatic heterocycles. The van der Waals surface area contributed by atoms with E-state index in [1.165, 1.54) is 0 Å². The zero-order valence-electron chi connectivity index (χ0n) is 12.3. The Kier molecular flexibility index (Phi) is 4.29. The molecule has 0 fully saturated rings. The maximum atomic E-state index is 12.0. The number of amides is 2. The van der Waals surface area contributed by atoms with Crippen molar-refractivity contribution >= 4 is 29.2 Å². The fourth-order valence-corrected chi connectivity index (χ4v) is 2.33. The molecule has 0 radical (unpaired) electrons. The van der Waals surface area contributed by atoms with E-state index in [1.807, 2.05) is 24.3 Å². The summed E-state index contributed by atoms with van der Waals surface area (Å²) < 4.78 is 6.69. The van der Waals surface area contributed by atoms with Gasteiger partial charge in [-0.1, -0.05) is 29.8 Å². The van der Waals surface area contributed by atoms with E-state index in [2.05, 4.69) is 20.8 Å². The average Bonchev–Trinajstić information content (AvgIpc) is 2.97. The summed E-state index contributed by atoms with van der Waals surface area (Å²) in [5.74, 6) is 0.994. The topological polar surface area (TPSA) is 80.5 Å². The van der Waals surface area contributed by atoms with E-state index in [0.29, 0.717) is 17.3 Å². The molecule has 8 heteroatoms. The molecule has 7 nitrogen and oxygen atoms in total. The van der Waals surface area contributed by atoms with Crippen molar-refractivity contribution in [3.05, 3.63) is 53.2 Å². The highest BCUT2D eigenvalue weighted by molar-refractivity contribution is 6.29. The van der Waals surface area contributed by atoms with Crippen LogP contribution in [0.1, 0.15) is 5.56 Å². The van der Waals surface area contributed by atoms with E-state index in [0.717, 1.165) is 11.3 Å². The highest BCUT2D eigenvalue weighted by Gasteiger charge is 2.11. The number of halogens is 1. The van der Waals surface area contributed by atoms with Crippen molar-refractivity contribution < 1.29 is 9.53 Å². The summed E-state index contributed by atoms with van der Waals surface area (Å²) >= 11 is 6.09. The van der Waals surface area contributed by atoms with Gasteiger partial charge in [-0.2, -0.15) is 0 Å². The van der Waals surface area contributed by atoms with Gasteiger partial charge in [-0.25, -0.2) is 4.79 Å². The molecule has 0 atom stereocenters. The van der Waals surface area contributed by atoms with Crippen molar-refractivity contribution in [3.8, 4) is 5.75 Å². The molecule has 3 rings (SSSR count). The van der Waals surface area contributed by atoms with Crippen LogP contribution in [0.4, 0.5) is 10.7 Å². The van der Waals surface area contributed by atoms with Crippen molar-refractivity contribution in [1.29, 1.82) is 0 Å². The van der Waals surface area contributed by atoms with E-state index in [9.17, 15) is 4.79 Å². The van der Waals surface area contributed by atoms with Crippen molar-refractivity contribution in [2.75, 3.05) is 12.4 Å². The highest BCUT2D eigenvalue weighted by atomic mass is 35.5. The number of anilines is 1. The van der Waals surface area contributed by atoms with Gasteiger partial charge in [0.25, 0.3) is 0 Å². The maximum absolute atomic E-state index is 12.0. The molecule has 3 aromatic rings. The first-order valence-corrected chi connectivity index (χ1v) is 7.22. The summed E-state index contributed by atoms with van der Waals surface area (Å²) in [5, 5.41) is 13.6. The lowest BCUT2D eigenvalue weighted by molar-refractivity contribution is 0.251. The lowest BCUT2D eigenvalue weighted by Crippen LogP contribution is -2.29. The number of carbonyl (C=O) groups excluding carboxylic acids is 1. The molecule has 0 unspecified atom stereocenters. The lowest BCUT2D eigenvalue weighted by Gasteiger charge is -2.08. The quantitative estimate of drug-likeness (QED) is 0.720. The third kappa shape index (κ3) is 3.35. The van der Waals surface area contributed by atoms with Gasteiger partial charge < -0.3 is 10.1 Å². The summed E-state index contributed by atoms with van der Waals surface area (Å²) in [7, 11) is 1.60. The molecule has 0 aliphatic rings. The van der Waals surface area contributed by atoms with Gasteiger partial charge in [0.15, 0.2) is 5.65 Å². The van der Waals surface area contributed by atoms with Gasteiger partial charge in [-0.05, 0) is 29.8 Å². The number of carbonyl (C=O) groups is 1. The van der Waals surface area contributed by atoms with E-state index >= 15 is 0 Å². The van der Waals surface area contributed by atoms with Gasteiger partial charge in [0.2, 0.25) is 5.95 Å². The smallest absolute Gasteiger partial charge is 0.321 e. The standard InChI is InChI=1S/C15H14ClN5O2/c1-23-11-5-2-4-10(8-11)9-17-15(22)18-14-20-19-13-7-3-6-12(16)21(13)14/h2-8H,9H2,1H3,(H2,17,18,20,22). The van der Waals surface area contributed by atoms with Crippen LogP contribution in [0, 0.1) is 0 Å². The van der Waals surface area contributed by atoms with Gasteiger partial charge in [0.1, 0.15) is 10.9 Å². The fraction of sp³-hybridized carbons (Fsp3) is 0.133. The monoisotopic (exact) mass is 331 g/mol. The molecule has 2 aromatic heterocycles. The molecule has 2 amide bonds. The lowest BCUT2D eigenvalue weighted by atomic mass is 10.2. The molecule has 2 heterocycles. The number of hydrogen-bond donors (Lipinski definition) is 2. The zero-order chi connectivity index (χ0) is 16.2. The Morgan fingerprint density at radius 2 is 2.09 bits per heavy atom. The average molecular weight is 332 g/mol. The van der Waals surface area contributed by atoms with Gasteiger partial charge in [0.05, 0.1) is 7.11 Å². The minimum absolute atomic E-state index is 0.258. The fourth-order valence-electron chi connectivity index (χ4n) is 2.09. The van der Waals surface area contributed by atoms with E-state index in [1.54, 1.807) is 29.7 Å². The number of benzene rings is 1. The van der Waals surface area contributed by atoms with Crippen LogP contribution in [0.5, 0.6) is 5.75 Å². The van der Waals surface area contributed by atoms with Gasteiger partial charge in [-0.15, -0.1) is 10.2 Å². The third-order valence-electron chi connectivity index (χ3n) is 3.19. The van der Waals surface area contributed by atoms with Crippen molar-refractivity contribution in [2.24, 2.45) is 0 Å². The van der Waals surface area contributed by atoms with Crippen molar-refractivity contribution in [1.82, 2.24) is 19.9 Å². The highest BCUT2D eigenvalue weighted by Crippen LogP contribution is 2.16. The Labute approximate surface area is 137 Å². The second kappa shape index (κ2) is 6.53. The summed E-state index contributed by atoms with van der Waals surface area (Å²) in [5.41, 5.74) is 1.48. The van der Waals surface area contributed by atoms with Crippen molar-refractivity contribution in [2.45, 2.75) is 6.54 Å². The minimum atomic E-state index is -0.401. The number of aromatic nitrogens is 3. The zero-order valence-corrected chi connectivity index (χ0v) is 13.0. The van der Waals surface area contributed by atoms with E-state index < -0.39 is 6.03 Å². The molecule has 0 spiro atoms. The first-order chi connectivity index (χ1) is 11.2. The van der Waals surface area contributed by atoms with E-state index in [4.69, 9.17) is 16.3 Å². The Balaban J connectivity index is 1.67. The number of nitrogens with zero attached hydrogens (tertiary/aromatic N) is 3. The third-order valence-corrected chi connectivity index (χ3v) is 3.49. The summed E-state index contributed by atoms with van der Waals surface area (Å²) in [6.45, 7) is 0.355. The Morgan fingerprint density at radius 3 is 2.91 bits per heavy atom. The largest absolute Gasteiger partial charge is 0.497 e. The number of pyridine rings is 1. The molecule has 0 saturated heterocycles. The summed E-state index contributed by atoms with van der Waals surface area (Å²) in [4.78, 5) is 12.0. The Morgan fingerprint density at radius 1 is 1.26 bits per heavy atom. The minimum Gasteiger partial charge on any atom is -0.497 e. The Hall–Kier alpha value is -2.80. The van der Waals surface area contributed by atoms with Crippen LogP contribution in [0.25, 0.3) is 5.65 Å². The second-order valence-corrected chi connectivity index (χ2v) is 5.11. The number of hydrogen-bond acceptors (Lipinski definition) is 4. The molecule has 2 N–H and O–H groups in total. The van der Waals surface area contributed by atoms with Crippen LogP contribution >= 0.6 is 11.6 Å². The molecular formula is C15H14ClN5O2. The number of ether oxygens (including phenoxy) is 1. The van der Waals surface area contributed by atoms with E-state index in [-0.39, 0.29) is 5.95 Å². The van der Waals surface area contributed by atoms with Crippen LogP contribution in [-0.4, -0.2) is 27.7 Å². The van der Waals surface area contributed by atoms with Crippen molar-refractivity contribution in [3.63, 3.8) is 0 Å². The molecule has 1 aromatic carbocycles.